The number of rotatable bonds is 5. The number of aliphatic carboxylic acids is 2. The Balaban J connectivity index is 3.40. The minimum atomic E-state index is -1.59. The molecule has 20 heavy (non-hydrogen) atoms. The van der Waals surface area contributed by atoms with Crippen LogP contribution in [0.25, 0.3) is 0 Å². The third kappa shape index (κ3) is 3.66. The molecule has 7 heteroatoms. The molecule has 106 valence electrons. The highest BCUT2D eigenvalue weighted by Gasteiger charge is 2.28. The molecule has 0 heterocycles. The van der Waals surface area contributed by atoms with Gasteiger partial charge in [0.05, 0.1) is 6.08 Å². The van der Waals surface area contributed by atoms with Crippen molar-refractivity contribution in [2.75, 3.05) is 4.90 Å². The molecule has 1 rings (SSSR count). The van der Waals surface area contributed by atoms with E-state index < -0.39 is 29.6 Å². The van der Waals surface area contributed by atoms with Gasteiger partial charge in [0.15, 0.2) is 0 Å². The number of carboxylic acids is 2. The lowest BCUT2D eigenvalue weighted by Gasteiger charge is -2.24. The van der Waals surface area contributed by atoms with E-state index in [1.165, 1.54) is 19.1 Å². The molecule has 1 atom stereocenters. The Hall–Kier alpha value is -2.67. The molecule has 3 N–H and O–H groups in total. The Morgan fingerprint density at radius 2 is 1.70 bits per heavy atom. The van der Waals surface area contributed by atoms with Crippen LogP contribution in [0.4, 0.5) is 5.69 Å². The first-order valence-electron chi connectivity index (χ1n) is 5.59. The first-order valence-corrected chi connectivity index (χ1v) is 5.59. The molecular formula is C13H13NO6. The van der Waals surface area contributed by atoms with Crippen molar-refractivity contribution in [3.8, 4) is 0 Å². The van der Waals surface area contributed by atoms with Gasteiger partial charge in [-0.3, -0.25) is 9.69 Å². The van der Waals surface area contributed by atoms with Gasteiger partial charge < -0.3 is 15.3 Å². The topological polar surface area (TPSA) is 115 Å². The summed E-state index contributed by atoms with van der Waals surface area (Å²) in [6.45, 7) is 1.17. The Morgan fingerprint density at radius 3 is 2.10 bits per heavy atom. The van der Waals surface area contributed by atoms with Gasteiger partial charge in [0.25, 0.3) is 5.91 Å². The van der Waals surface area contributed by atoms with E-state index >= 15 is 0 Å². The number of nitrogens with zero attached hydrogens (tertiary/aromatic N) is 1. The molecule has 0 radical (unpaired) electrons. The normalized spacial score (nSPS) is 12.6. The predicted octanol–water partition coefficient (Wildman–Crippen LogP) is 0.453. The minimum Gasteiger partial charge on any atom is -0.478 e. The van der Waals surface area contributed by atoms with Crippen molar-refractivity contribution < 1.29 is 29.7 Å². The molecule has 0 saturated heterocycles. The standard InChI is InChI=1S/C13H13NO6/c1-8(15)12(18)14(9-5-3-2-4-6-9)10(13(19)20)7-11(16)17/h2-8,15H,1H3,(H,16,17)(H,19,20). The highest BCUT2D eigenvalue weighted by atomic mass is 16.4. The van der Waals surface area contributed by atoms with Crippen molar-refractivity contribution in [1.82, 2.24) is 0 Å². The van der Waals surface area contributed by atoms with E-state index in [1.54, 1.807) is 18.2 Å². The molecule has 0 fully saturated rings. The fraction of sp³-hybridized carbons (Fsp3) is 0.154. The van der Waals surface area contributed by atoms with Gasteiger partial charge in [-0.25, -0.2) is 9.59 Å². The van der Waals surface area contributed by atoms with Crippen LogP contribution in [0, 0.1) is 0 Å². The Kier molecular flexibility index (Phi) is 4.99. The van der Waals surface area contributed by atoms with Crippen LogP contribution in [0.3, 0.4) is 0 Å². The van der Waals surface area contributed by atoms with Crippen LogP contribution in [0.1, 0.15) is 6.92 Å². The number of aliphatic hydroxyl groups is 1. The number of carboxylic acid groups (broad SMARTS) is 2. The molecule has 1 aromatic carbocycles. The van der Waals surface area contributed by atoms with Gasteiger partial charge in [0.2, 0.25) is 0 Å². The quantitative estimate of drug-likeness (QED) is 0.674. The summed E-state index contributed by atoms with van der Waals surface area (Å²) in [6.07, 6.45) is -1.08. The number of benzene rings is 1. The number of amides is 1. The molecule has 1 aromatic rings. The van der Waals surface area contributed by atoms with E-state index in [9.17, 15) is 19.5 Å². The second-order valence-electron chi connectivity index (χ2n) is 3.86. The summed E-state index contributed by atoms with van der Waals surface area (Å²) < 4.78 is 0. The molecule has 0 bridgehead atoms. The summed E-state index contributed by atoms with van der Waals surface area (Å²) in [5.41, 5.74) is -0.608. The van der Waals surface area contributed by atoms with E-state index in [-0.39, 0.29) is 5.69 Å². The first kappa shape index (κ1) is 15.4. The molecule has 0 aliphatic carbocycles. The van der Waals surface area contributed by atoms with Crippen LogP contribution in [0.2, 0.25) is 0 Å². The zero-order valence-corrected chi connectivity index (χ0v) is 10.6. The van der Waals surface area contributed by atoms with Crippen molar-refractivity contribution in [2.24, 2.45) is 0 Å². The van der Waals surface area contributed by atoms with Gasteiger partial charge in [-0.1, -0.05) is 18.2 Å². The number of carbonyl (C=O) groups is 3. The van der Waals surface area contributed by atoms with Crippen molar-refractivity contribution in [3.63, 3.8) is 0 Å². The molecule has 0 spiro atoms. The van der Waals surface area contributed by atoms with Crippen LogP contribution in [0.15, 0.2) is 42.1 Å². The van der Waals surface area contributed by atoms with Crippen LogP contribution in [-0.2, 0) is 14.4 Å². The monoisotopic (exact) mass is 279 g/mol. The highest BCUT2D eigenvalue weighted by molar-refractivity contribution is 6.09. The molecule has 1 amide bonds. The summed E-state index contributed by atoms with van der Waals surface area (Å²) in [7, 11) is 0. The number of hydrogen-bond donors (Lipinski definition) is 3. The van der Waals surface area contributed by atoms with Crippen molar-refractivity contribution >= 4 is 23.5 Å². The number of anilines is 1. The molecule has 0 aliphatic rings. The second kappa shape index (κ2) is 6.48. The molecule has 0 aromatic heterocycles. The van der Waals surface area contributed by atoms with Crippen molar-refractivity contribution in [1.29, 1.82) is 0 Å². The summed E-state index contributed by atoms with van der Waals surface area (Å²) in [5.74, 6) is -4.04. The van der Waals surface area contributed by atoms with Gasteiger partial charge in [-0.15, -0.1) is 0 Å². The predicted molar refractivity (Wildman–Crippen MR) is 69.0 cm³/mol. The molecule has 7 nitrogen and oxygen atoms in total. The maximum absolute atomic E-state index is 11.9. The lowest BCUT2D eigenvalue weighted by Crippen LogP contribution is -2.40. The molecule has 0 saturated carbocycles. The fourth-order valence-electron chi connectivity index (χ4n) is 1.49. The van der Waals surface area contributed by atoms with Crippen LogP contribution in [-0.4, -0.2) is 39.3 Å². The summed E-state index contributed by atoms with van der Waals surface area (Å²) in [5, 5.41) is 27.1. The van der Waals surface area contributed by atoms with E-state index in [4.69, 9.17) is 10.2 Å². The van der Waals surface area contributed by atoms with Gasteiger partial charge in [-0.2, -0.15) is 0 Å². The first-order chi connectivity index (χ1) is 9.34. The number of hydrogen-bond acceptors (Lipinski definition) is 4. The maximum Gasteiger partial charge on any atom is 0.353 e. The molecular weight excluding hydrogens is 266 g/mol. The van der Waals surface area contributed by atoms with E-state index in [2.05, 4.69) is 0 Å². The Labute approximate surface area is 114 Å². The number of aliphatic hydroxyl groups excluding tert-OH is 1. The van der Waals surface area contributed by atoms with Gasteiger partial charge >= 0.3 is 11.9 Å². The van der Waals surface area contributed by atoms with E-state index in [0.717, 1.165) is 0 Å². The van der Waals surface area contributed by atoms with E-state index in [1.807, 2.05) is 0 Å². The number of carbonyl (C=O) groups excluding carboxylic acids is 1. The minimum absolute atomic E-state index is 0.147. The van der Waals surface area contributed by atoms with Gasteiger partial charge in [-0.05, 0) is 19.1 Å². The summed E-state index contributed by atoms with van der Waals surface area (Å²) >= 11 is 0. The average Bonchev–Trinajstić information content (AvgIpc) is 2.38. The Morgan fingerprint density at radius 1 is 1.15 bits per heavy atom. The largest absolute Gasteiger partial charge is 0.478 e. The highest BCUT2D eigenvalue weighted by Crippen LogP contribution is 2.20. The van der Waals surface area contributed by atoms with E-state index in [0.29, 0.717) is 11.0 Å². The van der Waals surface area contributed by atoms with Crippen molar-refractivity contribution in [2.45, 2.75) is 13.0 Å². The summed E-state index contributed by atoms with van der Waals surface area (Å²) in [4.78, 5) is 34.5. The smallest absolute Gasteiger partial charge is 0.353 e. The third-order valence-electron chi connectivity index (χ3n) is 2.31. The molecule has 0 aliphatic heterocycles. The Bertz CT molecular complexity index is 549. The van der Waals surface area contributed by atoms with Gasteiger partial charge in [0.1, 0.15) is 11.8 Å². The zero-order chi connectivity index (χ0) is 15.3. The van der Waals surface area contributed by atoms with Crippen LogP contribution >= 0.6 is 0 Å². The zero-order valence-electron chi connectivity index (χ0n) is 10.6. The second-order valence-corrected chi connectivity index (χ2v) is 3.86. The lowest BCUT2D eigenvalue weighted by atomic mass is 10.2. The molecule has 1 unspecified atom stereocenters. The van der Waals surface area contributed by atoms with Crippen LogP contribution < -0.4 is 4.90 Å². The third-order valence-corrected chi connectivity index (χ3v) is 2.31. The fourth-order valence-corrected chi connectivity index (χ4v) is 1.49. The van der Waals surface area contributed by atoms with Gasteiger partial charge in [0, 0.05) is 5.69 Å². The SMILES string of the molecule is CC(O)C(=O)N(C(=CC(=O)O)C(=O)O)c1ccccc1. The van der Waals surface area contributed by atoms with Crippen molar-refractivity contribution in [3.05, 3.63) is 42.1 Å². The average molecular weight is 279 g/mol. The summed E-state index contributed by atoms with van der Waals surface area (Å²) in [6, 6.07) is 7.61. The maximum atomic E-state index is 11.9. The number of para-hydroxylation sites is 1. The van der Waals surface area contributed by atoms with Crippen LogP contribution in [0.5, 0.6) is 0 Å². The lowest BCUT2D eigenvalue weighted by molar-refractivity contribution is -0.136.